The van der Waals surface area contributed by atoms with Crippen molar-refractivity contribution in [1.29, 1.82) is 0 Å². The van der Waals surface area contributed by atoms with Crippen molar-refractivity contribution < 1.29 is 9.53 Å². The van der Waals surface area contributed by atoms with Gasteiger partial charge in [-0.15, -0.1) is 0 Å². The average molecular weight is 209 g/mol. The van der Waals surface area contributed by atoms with E-state index in [0.717, 1.165) is 5.69 Å². The number of anilines is 1. The SMILES string of the molecule is CC.CC(C)OC(=O)Nc1ccccc1. The molecule has 0 spiro atoms. The third-order valence-electron chi connectivity index (χ3n) is 1.36. The summed E-state index contributed by atoms with van der Waals surface area (Å²) in [6.45, 7) is 7.62. The number of rotatable bonds is 2. The van der Waals surface area contributed by atoms with Crippen LogP contribution in [0.15, 0.2) is 30.3 Å². The Balaban J connectivity index is 0.000000921. The summed E-state index contributed by atoms with van der Waals surface area (Å²) in [6, 6.07) is 9.21. The first-order valence-corrected chi connectivity index (χ1v) is 5.21. The van der Waals surface area contributed by atoms with E-state index in [9.17, 15) is 4.79 Å². The maximum absolute atomic E-state index is 11.1. The minimum Gasteiger partial charge on any atom is -0.447 e. The van der Waals surface area contributed by atoms with Crippen LogP contribution >= 0.6 is 0 Å². The fourth-order valence-corrected chi connectivity index (χ4v) is 0.883. The standard InChI is InChI=1S/C10H13NO2.C2H6/c1-8(2)13-10(12)11-9-6-4-3-5-7-9;1-2/h3-8H,1-2H3,(H,11,12);1-2H3. The molecule has 1 aromatic carbocycles. The van der Waals surface area contributed by atoms with Crippen molar-refractivity contribution in [3.8, 4) is 0 Å². The number of hydrogen-bond donors (Lipinski definition) is 1. The van der Waals surface area contributed by atoms with Crippen molar-refractivity contribution in [3.63, 3.8) is 0 Å². The van der Waals surface area contributed by atoms with Gasteiger partial charge < -0.3 is 4.74 Å². The summed E-state index contributed by atoms with van der Waals surface area (Å²) in [4.78, 5) is 11.1. The van der Waals surface area contributed by atoms with E-state index in [2.05, 4.69) is 5.32 Å². The van der Waals surface area contributed by atoms with Crippen molar-refractivity contribution in [3.05, 3.63) is 30.3 Å². The third kappa shape index (κ3) is 6.55. The molecule has 0 unspecified atom stereocenters. The van der Waals surface area contributed by atoms with E-state index in [1.54, 1.807) is 0 Å². The Labute approximate surface area is 91.5 Å². The van der Waals surface area contributed by atoms with Crippen LogP contribution < -0.4 is 5.32 Å². The molecule has 0 heterocycles. The van der Waals surface area contributed by atoms with Gasteiger partial charge in [-0.05, 0) is 26.0 Å². The molecule has 0 aromatic heterocycles. The van der Waals surface area contributed by atoms with Crippen LogP contribution in [-0.4, -0.2) is 12.2 Å². The number of carbonyl (C=O) groups excluding carboxylic acids is 1. The van der Waals surface area contributed by atoms with Crippen molar-refractivity contribution in [2.24, 2.45) is 0 Å². The molecule has 0 atom stereocenters. The van der Waals surface area contributed by atoms with Crippen LogP contribution in [-0.2, 0) is 4.74 Å². The zero-order valence-corrected chi connectivity index (χ0v) is 9.78. The van der Waals surface area contributed by atoms with E-state index >= 15 is 0 Å². The van der Waals surface area contributed by atoms with Crippen LogP contribution in [0.1, 0.15) is 27.7 Å². The number of para-hydroxylation sites is 1. The predicted octanol–water partition coefficient (Wildman–Crippen LogP) is 3.67. The van der Waals surface area contributed by atoms with E-state index in [1.165, 1.54) is 0 Å². The molecule has 0 saturated heterocycles. The van der Waals surface area contributed by atoms with Crippen molar-refractivity contribution in [2.75, 3.05) is 5.32 Å². The fourth-order valence-electron chi connectivity index (χ4n) is 0.883. The molecule has 0 radical (unpaired) electrons. The Morgan fingerprint density at radius 1 is 1.20 bits per heavy atom. The highest BCUT2D eigenvalue weighted by atomic mass is 16.6. The molecule has 1 N–H and O–H groups in total. The Bertz CT molecular complexity index is 270. The Morgan fingerprint density at radius 3 is 2.20 bits per heavy atom. The molecule has 0 fully saturated rings. The molecule has 0 bridgehead atoms. The van der Waals surface area contributed by atoms with Gasteiger partial charge in [0.15, 0.2) is 0 Å². The van der Waals surface area contributed by atoms with Gasteiger partial charge >= 0.3 is 6.09 Å². The Kier molecular flexibility index (Phi) is 7.06. The van der Waals surface area contributed by atoms with Gasteiger partial charge in [0.05, 0.1) is 6.10 Å². The normalized spacial score (nSPS) is 8.87. The van der Waals surface area contributed by atoms with Crippen LogP contribution in [0.2, 0.25) is 0 Å². The summed E-state index contributed by atoms with van der Waals surface area (Å²) in [7, 11) is 0. The third-order valence-corrected chi connectivity index (χ3v) is 1.36. The van der Waals surface area contributed by atoms with Gasteiger partial charge in [0, 0.05) is 5.69 Å². The number of amides is 1. The summed E-state index contributed by atoms with van der Waals surface area (Å²) in [5, 5.41) is 2.61. The van der Waals surface area contributed by atoms with Gasteiger partial charge in [-0.3, -0.25) is 5.32 Å². The zero-order valence-electron chi connectivity index (χ0n) is 9.78. The number of benzene rings is 1. The largest absolute Gasteiger partial charge is 0.447 e. The number of carbonyl (C=O) groups is 1. The Morgan fingerprint density at radius 2 is 1.73 bits per heavy atom. The first kappa shape index (κ1) is 13.5. The van der Waals surface area contributed by atoms with Crippen molar-refractivity contribution in [2.45, 2.75) is 33.8 Å². The number of nitrogens with one attached hydrogen (secondary N) is 1. The first-order valence-electron chi connectivity index (χ1n) is 5.21. The average Bonchev–Trinajstić information content (AvgIpc) is 2.21. The van der Waals surface area contributed by atoms with Gasteiger partial charge in [0.25, 0.3) is 0 Å². The highest BCUT2D eigenvalue weighted by Crippen LogP contribution is 2.05. The minimum absolute atomic E-state index is 0.0938. The fraction of sp³-hybridized carbons (Fsp3) is 0.417. The topological polar surface area (TPSA) is 38.3 Å². The molecule has 1 rings (SSSR count). The Hall–Kier alpha value is -1.51. The molecule has 0 aliphatic carbocycles. The number of hydrogen-bond acceptors (Lipinski definition) is 2. The second-order valence-electron chi connectivity index (χ2n) is 2.95. The maximum atomic E-state index is 11.1. The van der Waals surface area contributed by atoms with E-state index in [-0.39, 0.29) is 6.10 Å². The molecule has 1 aromatic rings. The smallest absolute Gasteiger partial charge is 0.411 e. The minimum atomic E-state index is -0.416. The van der Waals surface area contributed by atoms with E-state index in [0.29, 0.717) is 0 Å². The van der Waals surface area contributed by atoms with E-state index in [1.807, 2.05) is 58.0 Å². The zero-order chi connectivity index (χ0) is 11.7. The first-order chi connectivity index (χ1) is 7.18. The highest BCUT2D eigenvalue weighted by molar-refractivity contribution is 5.84. The van der Waals surface area contributed by atoms with Crippen LogP contribution in [0.5, 0.6) is 0 Å². The van der Waals surface area contributed by atoms with Gasteiger partial charge in [-0.25, -0.2) is 4.79 Å². The molecule has 84 valence electrons. The molecular formula is C12H19NO2. The maximum Gasteiger partial charge on any atom is 0.411 e. The van der Waals surface area contributed by atoms with Crippen molar-refractivity contribution in [1.82, 2.24) is 0 Å². The molecule has 0 aliphatic heterocycles. The van der Waals surface area contributed by atoms with Crippen molar-refractivity contribution >= 4 is 11.8 Å². The quantitative estimate of drug-likeness (QED) is 0.807. The molecule has 3 nitrogen and oxygen atoms in total. The van der Waals surface area contributed by atoms with Gasteiger partial charge in [-0.2, -0.15) is 0 Å². The number of ether oxygens (including phenoxy) is 1. The predicted molar refractivity (Wildman–Crippen MR) is 63.0 cm³/mol. The second kappa shape index (κ2) is 7.85. The molecule has 15 heavy (non-hydrogen) atoms. The molecular weight excluding hydrogens is 190 g/mol. The van der Waals surface area contributed by atoms with Crippen LogP contribution in [0.4, 0.5) is 10.5 Å². The lowest BCUT2D eigenvalue weighted by molar-refractivity contribution is 0.130. The molecule has 0 aliphatic rings. The summed E-state index contributed by atoms with van der Waals surface area (Å²) in [6.07, 6.45) is -0.509. The lowest BCUT2D eigenvalue weighted by atomic mass is 10.3. The molecule has 0 saturated carbocycles. The molecule has 3 heteroatoms. The molecule has 1 amide bonds. The van der Waals surface area contributed by atoms with Crippen LogP contribution in [0.3, 0.4) is 0 Å². The van der Waals surface area contributed by atoms with Gasteiger partial charge in [0.1, 0.15) is 0 Å². The van der Waals surface area contributed by atoms with E-state index in [4.69, 9.17) is 4.74 Å². The second-order valence-corrected chi connectivity index (χ2v) is 2.95. The lowest BCUT2D eigenvalue weighted by Gasteiger charge is -2.08. The summed E-state index contributed by atoms with van der Waals surface area (Å²) < 4.78 is 4.90. The monoisotopic (exact) mass is 209 g/mol. The van der Waals surface area contributed by atoms with Gasteiger partial charge in [-0.1, -0.05) is 32.0 Å². The summed E-state index contributed by atoms with van der Waals surface area (Å²) >= 11 is 0. The highest BCUT2D eigenvalue weighted by Gasteiger charge is 2.03. The summed E-state index contributed by atoms with van der Waals surface area (Å²) in [5.41, 5.74) is 0.744. The van der Waals surface area contributed by atoms with Crippen LogP contribution in [0.25, 0.3) is 0 Å². The summed E-state index contributed by atoms with van der Waals surface area (Å²) in [5.74, 6) is 0. The van der Waals surface area contributed by atoms with Crippen LogP contribution in [0, 0.1) is 0 Å². The van der Waals surface area contributed by atoms with Gasteiger partial charge in [0.2, 0.25) is 0 Å². The van der Waals surface area contributed by atoms with E-state index < -0.39 is 6.09 Å². The lowest BCUT2D eigenvalue weighted by Crippen LogP contribution is -2.17.